The Labute approximate surface area is 245 Å². The van der Waals surface area contributed by atoms with Gasteiger partial charge in [0.2, 0.25) is 17.6 Å². The minimum absolute atomic E-state index is 0.0879. The van der Waals surface area contributed by atoms with Crippen molar-refractivity contribution in [2.45, 2.75) is 28.6 Å². The van der Waals surface area contributed by atoms with Crippen LogP contribution in [0.4, 0.5) is 11.4 Å². The van der Waals surface area contributed by atoms with Crippen LogP contribution in [0.15, 0.2) is 78.9 Å². The lowest BCUT2D eigenvalue weighted by Crippen LogP contribution is -2.34. The lowest BCUT2D eigenvalue weighted by atomic mass is 9.81. The molecule has 3 aromatic rings. The molecule has 11 heteroatoms. The number of benzene rings is 3. The molecule has 1 saturated heterocycles. The van der Waals surface area contributed by atoms with Gasteiger partial charge in [-0.15, -0.1) is 0 Å². The molecule has 0 aromatic heterocycles. The van der Waals surface area contributed by atoms with Crippen LogP contribution in [0.25, 0.3) is 0 Å². The Kier molecular flexibility index (Phi) is 7.95. The average molecular weight is 670 g/mol. The van der Waals surface area contributed by atoms with E-state index in [0.29, 0.717) is 24.1 Å². The molecule has 5 rings (SSSR count). The fraction of sp³-hybridized carbons (Fsp3) is 0.241. The van der Waals surface area contributed by atoms with Crippen molar-refractivity contribution in [1.82, 2.24) is 0 Å². The molecule has 1 aliphatic carbocycles. The van der Waals surface area contributed by atoms with Gasteiger partial charge in [0.05, 0.1) is 28.0 Å². The summed E-state index contributed by atoms with van der Waals surface area (Å²) >= 11 is 7.15. The number of carbonyl (C=O) groups is 4. The van der Waals surface area contributed by atoms with Crippen molar-refractivity contribution < 1.29 is 28.8 Å². The third-order valence-corrected chi connectivity index (χ3v) is 9.93. The van der Waals surface area contributed by atoms with E-state index in [1.165, 1.54) is 53.4 Å². The maximum atomic E-state index is 13.3. The van der Waals surface area contributed by atoms with E-state index in [1.807, 2.05) is 0 Å². The molecule has 3 aromatic carbocycles. The van der Waals surface area contributed by atoms with Crippen LogP contribution in [-0.4, -0.2) is 38.1 Å². The number of nitrogens with zero attached hydrogens (tertiary/aromatic N) is 2. The summed E-state index contributed by atoms with van der Waals surface area (Å²) in [6.07, 6.45) is -0.258. The van der Waals surface area contributed by atoms with Gasteiger partial charge in [-0.1, -0.05) is 62.2 Å². The minimum Gasteiger partial charge on any atom is -0.445 e. The molecule has 0 unspecified atom stereocenters. The van der Waals surface area contributed by atoms with Gasteiger partial charge in [0.25, 0.3) is 5.69 Å². The Bertz CT molecular complexity index is 1450. The summed E-state index contributed by atoms with van der Waals surface area (Å²) in [7, 11) is 0. The van der Waals surface area contributed by atoms with Crippen LogP contribution in [0.2, 0.25) is 0 Å². The highest BCUT2D eigenvalue weighted by molar-refractivity contribution is 9.12. The predicted octanol–water partition coefficient (Wildman–Crippen LogP) is 5.80. The number of fused-ring (bicyclic) bond motifs is 1. The number of hydrogen-bond acceptors (Lipinski definition) is 7. The van der Waals surface area contributed by atoms with Gasteiger partial charge < -0.3 is 4.74 Å². The Balaban J connectivity index is 1.37. The summed E-state index contributed by atoms with van der Waals surface area (Å²) in [5, 5.41) is 11.1. The van der Waals surface area contributed by atoms with Crippen molar-refractivity contribution in [3.8, 4) is 0 Å². The number of carbonyl (C=O) groups excluding carboxylic acids is 4. The van der Waals surface area contributed by atoms with E-state index in [9.17, 15) is 29.3 Å². The fourth-order valence-corrected chi connectivity index (χ4v) is 6.31. The van der Waals surface area contributed by atoms with Crippen LogP contribution in [-0.2, 0) is 14.3 Å². The number of non-ortho nitro benzene ring substituents is 1. The van der Waals surface area contributed by atoms with Gasteiger partial charge in [0.1, 0.15) is 0 Å². The van der Waals surface area contributed by atoms with Crippen molar-refractivity contribution in [2.24, 2.45) is 11.8 Å². The second kappa shape index (κ2) is 11.4. The molecule has 1 saturated carbocycles. The van der Waals surface area contributed by atoms with Gasteiger partial charge in [0, 0.05) is 32.9 Å². The van der Waals surface area contributed by atoms with Crippen molar-refractivity contribution in [2.75, 3.05) is 4.90 Å². The molecule has 9 nitrogen and oxygen atoms in total. The second-order valence-electron chi connectivity index (χ2n) is 9.64. The molecule has 0 spiro atoms. The maximum Gasteiger partial charge on any atom is 0.339 e. The molecule has 0 radical (unpaired) electrons. The summed E-state index contributed by atoms with van der Waals surface area (Å²) in [4.78, 5) is 64.5. The van der Waals surface area contributed by atoms with E-state index in [1.54, 1.807) is 30.3 Å². The van der Waals surface area contributed by atoms with E-state index in [4.69, 9.17) is 4.74 Å². The molecule has 1 heterocycles. The Morgan fingerprint density at radius 3 is 1.90 bits per heavy atom. The first-order valence-electron chi connectivity index (χ1n) is 12.5. The van der Waals surface area contributed by atoms with Gasteiger partial charge in [-0.25, -0.2) is 4.79 Å². The third-order valence-electron chi connectivity index (χ3n) is 7.20. The molecular weight excluding hydrogens is 648 g/mol. The highest BCUT2D eigenvalue weighted by Gasteiger charge is 2.52. The third kappa shape index (κ3) is 5.35. The topological polar surface area (TPSA) is 124 Å². The zero-order valence-corrected chi connectivity index (χ0v) is 24.0. The number of nitro groups is 1. The number of ether oxygens (including phenoxy) is 1. The van der Waals surface area contributed by atoms with Crippen molar-refractivity contribution >= 4 is 66.8 Å². The number of rotatable bonds is 7. The van der Waals surface area contributed by atoms with E-state index < -0.39 is 34.6 Å². The van der Waals surface area contributed by atoms with Crippen LogP contribution < -0.4 is 4.90 Å². The molecule has 40 heavy (non-hydrogen) atoms. The molecule has 0 N–H and O–H groups in total. The molecular formula is C29H22Br2N2O7. The van der Waals surface area contributed by atoms with Gasteiger partial charge in [-0.05, 0) is 49.2 Å². The second-order valence-corrected chi connectivity index (χ2v) is 12.0. The highest BCUT2D eigenvalue weighted by Crippen LogP contribution is 2.44. The quantitative estimate of drug-likeness (QED) is 0.0778. The van der Waals surface area contributed by atoms with Gasteiger partial charge >= 0.3 is 5.97 Å². The minimum atomic E-state index is -1.35. The summed E-state index contributed by atoms with van der Waals surface area (Å²) in [5.41, 5.74) is 0.869. The Morgan fingerprint density at radius 1 is 0.825 bits per heavy atom. The Morgan fingerprint density at radius 2 is 1.38 bits per heavy atom. The van der Waals surface area contributed by atoms with Crippen LogP contribution in [0, 0.1) is 22.0 Å². The number of Topliss-reactive ketones (excluding diaryl/α,β-unsaturated/α-hetero) is 1. The smallest absolute Gasteiger partial charge is 0.339 e. The van der Waals surface area contributed by atoms with E-state index in [2.05, 4.69) is 31.9 Å². The number of amides is 2. The van der Waals surface area contributed by atoms with E-state index in [-0.39, 0.29) is 38.3 Å². The first-order valence-corrected chi connectivity index (χ1v) is 14.3. The average Bonchev–Trinajstić information content (AvgIpc) is 3.20. The summed E-state index contributed by atoms with van der Waals surface area (Å²) < 4.78 is 5.63. The standard InChI is InChI=1S/C29H22Br2N2O7/c30-23-14-21-22(15-24(23)31)28(36)32(27(21)35)19-10-8-18(9-11-19)29(37)40-26(25(34)16-4-2-1-3-5-16)17-6-12-20(13-7-17)33(38)39/h1-13,21-24,26H,14-15H2/t21-,22+,23-,24-,26-/m0/s1. The molecule has 2 aliphatic rings. The number of nitro benzene ring substituents is 1. The number of imide groups is 1. The number of esters is 1. The summed E-state index contributed by atoms with van der Waals surface area (Å²) in [6, 6.07) is 19.3. The first-order chi connectivity index (χ1) is 19.2. The van der Waals surface area contributed by atoms with Crippen LogP contribution >= 0.6 is 31.9 Å². The van der Waals surface area contributed by atoms with Crippen LogP contribution in [0.3, 0.4) is 0 Å². The zero-order valence-electron chi connectivity index (χ0n) is 20.8. The van der Waals surface area contributed by atoms with Crippen molar-refractivity contribution in [1.29, 1.82) is 0 Å². The maximum absolute atomic E-state index is 13.3. The molecule has 5 atom stereocenters. The van der Waals surface area contributed by atoms with Gasteiger partial charge in [0.15, 0.2) is 6.10 Å². The number of halogens is 2. The SMILES string of the molecule is O=C(O[C@H](C(=O)c1ccccc1)c1ccc([N+](=O)[O-])cc1)c1ccc(N2C(=O)[C@H]3C[C@H](Br)[C@@H](Br)C[C@H]3C2=O)cc1. The molecule has 0 bridgehead atoms. The summed E-state index contributed by atoms with van der Waals surface area (Å²) in [5.74, 6) is -2.63. The zero-order chi connectivity index (χ0) is 28.6. The molecule has 2 amide bonds. The van der Waals surface area contributed by atoms with Crippen molar-refractivity contribution in [3.05, 3.63) is 106 Å². The monoisotopic (exact) mass is 668 g/mol. The molecule has 1 aliphatic heterocycles. The number of alkyl halides is 2. The number of anilines is 1. The first kappa shape index (κ1) is 27.9. The molecule has 2 fully saturated rings. The normalized spacial score (nSPS) is 22.9. The highest BCUT2D eigenvalue weighted by atomic mass is 79.9. The number of ketones is 1. The van der Waals surface area contributed by atoms with E-state index in [0.717, 1.165) is 0 Å². The van der Waals surface area contributed by atoms with Gasteiger partial charge in [-0.2, -0.15) is 0 Å². The fourth-order valence-electron chi connectivity index (χ4n) is 5.07. The largest absolute Gasteiger partial charge is 0.445 e. The van der Waals surface area contributed by atoms with E-state index >= 15 is 0 Å². The molecule has 204 valence electrons. The number of hydrogen-bond donors (Lipinski definition) is 0. The predicted molar refractivity (Wildman–Crippen MR) is 153 cm³/mol. The van der Waals surface area contributed by atoms with Crippen molar-refractivity contribution in [3.63, 3.8) is 0 Å². The lowest BCUT2D eigenvalue weighted by Gasteiger charge is -2.29. The van der Waals surface area contributed by atoms with Gasteiger partial charge in [-0.3, -0.25) is 29.4 Å². The van der Waals surface area contributed by atoms with Crippen LogP contribution in [0.1, 0.15) is 45.2 Å². The lowest BCUT2D eigenvalue weighted by molar-refractivity contribution is -0.384. The van der Waals surface area contributed by atoms with Crippen LogP contribution in [0.5, 0.6) is 0 Å². The Hall–Kier alpha value is -3.70. The summed E-state index contributed by atoms with van der Waals surface area (Å²) in [6.45, 7) is 0.